The Hall–Kier alpha value is -3.96. The van der Waals surface area contributed by atoms with Crippen LogP contribution in [-0.2, 0) is 15.1 Å². The highest BCUT2D eigenvalue weighted by Gasteiger charge is 2.49. The molecule has 2 aromatic carbocycles. The molecule has 2 N–H and O–H groups in total. The maximum atomic E-state index is 13.1. The fourth-order valence-corrected chi connectivity index (χ4v) is 4.60. The number of rotatable bonds is 6. The van der Waals surface area contributed by atoms with E-state index < -0.39 is 29.9 Å². The number of amides is 4. The number of hydrogen-bond acceptors (Lipinski definition) is 5. The van der Waals surface area contributed by atoms with E-state index in [1.54, 1.807) is 31.2 Å². The van der Waals surface area contributed by atoms with Gasteiger partial charge in [0.25, 0.3) is 5.91 Å². The normalized spacial score (nSPS) is 18.5. The van der Waals surface area contributed by atoms with E-state index in [1.165, 1.54) is 11.3 Å². The van der Waals surface area contributed by atoms with Crippen molar-refractivity contribution in [1.29, 1.82) is 5.26 Å². The summed E-state index contributed by atoms with van der Waals surface area (Å²) < 4.78 is 0. The number of carbonyl (C=O) groups excluding carboxylic acids is 3. The molecule has 4 rings (SSSR count). The number of nitrogens with one attached hydrogen (secondary N) is 2. The Bertz CT molecular complexity index is 1230. The largest absolute Gasteiger partial charge is 0.343 e. The molecule has 0 radical (unpaired) electrons. The summed E-state index contributed by atoms with van der Waals surface area (Å²) in [6.07, 6.45) is 0. The van der Waals surface area contributed by atoms with Gasteiger partial charge in [0.15, 0.2) is 0 Å². The van der Waals surface area contributed by atoms with E-state index in [2.05, 4.69) is 10.6 Å². The summed E-state index contributed by atoms with van der Waals surface area (Å²) >= 11 is 1.52. The van der Waals surface area contributed by atoms with E-state index in [0.29, 0.717) is 11.1 Å². The fraction of sp³-hybridized carbons (Fsp3) is 0.200. The van der Waals surface area contributed by atoms with Gasteiger partial charge >= 0.3 is 6.03 Å². The Kier molecular flexibility index (Phi) is 5.99. The van der Waals surface area contributed by atoms with Crippen molar-refractivity contribution in [1.82, 2.24) is 15.5 Å². The van der Waals surface area contributed by atoms with Crippen LogP contribution in [0, 0.1) is 18.3 Å². The average molecular weight is 459 g/mol. The van der Waals surface area contributed by atoms with Gasteiger partial charge in [0.1, 0.15) is 12.1 Å². The zero-order valence-corrected chi connectivity index (χ0v) is 19.0. The lowest BCUT2D eigenvalue weighted by atomic mass is 9.91. The number of nitriles is 1. The number of benzene rings is 2. The monoisotopic (exact) mass is 458 g/mol. The van der Waals surface area contributed by atoms with Crippen LogP contribution in [0.5, 0.6) is 0 Å². The van der Waals surface area contributed by atoms with Crippen molar-refractivity contribution in [3.63, 3.8) is 0 Å². The molecule has 0 bridgehead atoms. The molecule has 7 nitrogen and oxygen atoms in total. The average Bonchev–Trinajstić information content (AvgIpc) is 3.42. The summed E-state index contributed by atoms with van der Waals surface area (Å²) in [4.78, 5) is 40.6. The molecule has 0 aliphatic carbocycles. The first-order chi connectivity index (χ1) is 15.8. The molecular formula is C25H22N4O3S. The summed E-state index contributed by atoms with van der Waals surface area (Å²) in [7, 11) is 0. The van der Waals surface area contributed by atoms with Crippen LogP contribution >= 0.6 is 11.3 Å². The molecule has 1 fully saturated rings. The number of urea groups is 1. The van der Waals surface area contributed by atoms with Gasteiger partial charge in [-0.2, -0.15) is 5.26 Å². The summed E-state index contributed by atoms with van der Waals surface area (Å²) in [5, 5.41) is 16.6. The smallest absolute Gasteiger partial charge is 0.325 e. The van der Waals surface area contributed by atoms with Gasteiger partial charge in [0.2, 0.25) is 5.91 Å². The Morgan fingerprint density at radius 1 is 1.15 bits per heavy atom. The maximum absolute atomic E-state index is 13.1. The summed E-state index contributed by atoms with van der Waals surface area (Å²) in [5.74, 6) is -0.961. The van der Waals surface area contributed by atoms with Crippen molar-refractivity contribution in [2.75, 3.05) is 6.54 Å². The van der Waals surface area contributed by atoms with Crippen molar-refractivity contribution in [2.24, 2.45) is 0 Å². The number of hydrogen-bond donors (Lipinski definition) is 2. The molecule has 1 aliphatic heterocycles. The molecule has 4 amide bonds. The zero-order chi connectivity index (χ0) is 23.6. The number of imide groups is 1. The van der Waals surface area contributed by atoms with Crippen molar-refractivity contribution in [2.45, 2.75) is 25.4 Å². The Morgan fingerprint density at radius 2 is 1.85 bits per heavy atom. The van der Waals surface area contributed by atoms with E-state index >= 15 is 0 Å². The molecule has 0 saturated carbocycles. The van der Waals surface area contributed by atoms with Gasteiger partial charge in [0, 0.05) is 4.88 Å². The summed E-state index contributed by atoms with van der Waals surface area (Å²) in [6, 6.07) is 19.1. The highest BCUT2D eigenvalue weighted by molar-refractivity contribution is 7.10. The van der Waals surface area contributed by atoms with Gasteiger partial charge in [0.05, 0.1) is 17.7 Å². The Morgan fingerprint density at radius 3 is 2.45 bits per heavy atom. The first kappa shape index (κ1) is 22.2. The number of thiophene rings is 1. The van der Waals surface area contributed by atoms with E-state index in [1.807, 2.05) is 54.8 Å². The van der Waals surface area contributed by atoms with E-state index in [4.69, 9.17) is 5.26 Å². The Labute approximate surface area is 195 Å². The molecule has 1 aliphatic rings. The van der Waals surface area contributed by atoms with E-state index in [9.17, 15) is 14.4 Å². The van der Waals surface area contributed by atoms with Gasteiger partial charge in [-0.05, 0) is 48.6 Å². The van der Waals surface area contributed by atoms with E-state index in [0.717, 1.165) is 20.9 Å². The lowest BCUT2D eigenvalue weighted by Gasteiger charge is -2.23. The number of aryl methyl sites for hydroxylation is 1. The summed E-state index contributed by atoms with van der Waals surface area (Å²) in [5.41, 5.74) is 1.70. The predicted octanol–water partition coefficient (Wildman–Crippen LogP) is 3.60. The van der Waals surface area contributed by atoms with Crippen LogP contribution in [0.2, 0.25) is 0 Å². The lowest BCUT2D eigenvalue weighted by molar-refractivity contribution is -0.135. The third kappa shape index (κ3) is 4.36. The summed E-state index contributed by atoms with van der Waals surface area (Å²) in [6.45, 7) is 3.18. The van der Waals surface area contributed by atoms with Crippen LogP contribution in [-0.4, -0.2) is 29.3 Å². The molecule has 2 atom stereocenters. The molecule has 3 aromatic rings. The third-order valence-corrected chi connectivity index (χ3v) is 6.65. The second-order valence-electron chi connectivity index (χ2n) is 8.06. The zero-order valence-electron chi connectivity index (χ0n) is 18.2. The standard InChI is InChI=1S/C25H22N4O3S/c1-16-5-9-18(10-6-16)22(20-4-3-13-33-20)27-21(30)15-29-23(31)25(2,28-24(29)32)19-11-7-17(14-26)8-12-19/h3-13,22H,15H2,1-2H3,(H,27,30)(H,28,32)/t22-,25-/m0/s1. The fourth-order valence-electron chi connectivity index (χ4n) is 3.80. The van der Waals surface area contributed by atoms with Crippen LogP contribution < -0.4 is 10.6 Å². The number of nitrogens with zero attached hydrogens (tertiary/aromatic N) is 2. The molecule has 1 saturated heterocycles. The third-order valence-electron chi connectivity index (χ3n) is 5.71. The van der Waals surface area contributed by atoms with Crippen LogP contribution in [0.1, 0.15) is 40.1 Å². The number of carbonyl (C=O) groups is 3. The van der Waals surface area contributed by atoms with Gasteiger partial charge in [-0.3, -0.25) is 14.5 Å². The molecule has 0 spiro atoms. The molecule has 2 heterocycles. The van der Waals surface area contributed by atoms with Crippen molar-refractivity contribution >= 4 is 29.2 Å². The first-order valence-corrected chi connectivity index (χ1v) is 11.2. The van der Waals surface area contributed by atoms with Crippen LogP contribution in [0.4, 0.5) is 4.79 Å². The highest BCUT2D eigenvalue weighted by atomic mass is 32.1. The van der Waals surface area contributed by atoms with Crippen LogP contribution in [0.15, 0.2) is 66.0 Å². The van der Waals surface area contributed by atoms with Gasteiger partial charge in [-0.15, -0.1) is 11.3 Å². The minimum absolute atomic E-state index is 0.385. The predicted molar refractivity (Wildman–Crippen MR) is 124 cm³/mol. The van der Waals surface area contributed by atoms with Crippen molar-refractivity contribution in [3.8, 4) is 6.07 Å². The van der Waals surface area contributed by atoms with Crippen molar-refractivity contribution in [3.05, 3.63) is 93.2 Å². The first-order valence-electron chi connectivity index (χ1n) is 10.4. The van der Waals surface area contributed by atoms with Crippen LogP contribution in [0.3, 0.4) is 0 Å². The maximum Gasteiger partial charge on any atom is 0.325 e. The minimum atomic E-state index is -1.31. The minimum Gasteiger partial charge on any atom is -0.343 e. The van der Waals surface area contributed by atoms with Gasteiger partial charge in [-0.1, -0.05) is 48.0 Å². The van der Waals surface area contributed by atoms with Crippen LogP contribution in [0.25, 0.3) is 0 Å². The molecule has 8 heteroatoms. The van der Waals surface area contributed by atoms with Gasteiger partial charge in [-0.25, -0.2) is 4.79 Å². The second kappa shape index (κ2) is 8.88. The molecule has 0 unspecified atom stereocenters. The molecular weight excluding hydrogens is 436 g/mol. The van der Waals surface area contributed by atoms with E-state index in [-0.39, 0.29) is 6.04 Å². The highest BCUT2D eigenvalue weighted by Crippen LogP contribution is 2.30. The SMILES string of the molecule is Cc1ccc([C@H](NC(=O)CN2C(=O)N[C@@](C)(c3ccc(C#N)cc3)C2=O)c2cccs2)cc1. The topological polar surface area (TPSA) is 102 Å². The second-order valence-corrected chi connectivity index (χ2v) is 9.04. The quantitative estimate of drug-likeness (QED) is 0.551. The molecule has 166 valence electrons. The molecule has 33 heavy (non-hydrogen) atoms. The lowest BCUT2D eigenvalue weighted by Crippen LogP contribution is -2.44. The van der Waals surface area contributed by atoms with Gasteiger partial charge < -0.3 is 10.6 Å². The Balaban J connectivity index is 1.52. The van der Waals surface area contributed by atoms with Crippen molar-refractivity contribution < 1.29 is 14.4 Å². The molecule has 1 aromatic heterocycles.